The molecule has 0 aliphatic heterocycles. The largest absolute Gasteiger partial charge is 0.472 e. The van der Waals surface area contributed by atoms with Crippen molar-refractivity contribution in [2.24, 2.45) is 0 Å². The first kappa shape index (κ1) is 86.7. The molecule has 0 saturated heterocycles. The van der Waals surface area contributed by atoms with Crippen LogP contribution in [0, 0.1) is 0 Å². The van der Waals surface area contributed by atoms with Crippen molar-refractivity contribution < 1.29 is 37.3 Å². The molecule has 1 amide bonds. The van der Waals surface area contributed by atoms with Crippen LogP contribution in [0.1, 0.15) is 335 Å². The molecular weight excluding hydrogens is 1130 g/mol. The van der Waals surface area contributed by atoms with Crippen molar-refractivity contribution in [1.82, 2.24) is 5.32 Å². The molecule has 10 heteroatoms. The van der Waals surface area contributed by atoms with Crippen molar-refractivity contribution in [2.75, 3.05) is 40.9 Å². The quantitative estimate of drug-likeness (QED) is 0.0205. The summed E-state index contributed by atoms with van der Waals surface area (Å²) in [6.45, 7) is 6.97. The lowest BCUT2D eigenvalue weighted by molar-refractivity contribution is -0.870. The van der Waals surface area contributed by atoms with E-state index in [1.54, 1.807) is 0 Å². The van der Waals surface area contributed by atoms with Gasteiger partial charge in [-0.25, -0.2) is 4.57 Å². The molecule has 3 unspecified atom stereocenters. The lowest BCUT2D eigenvalue weighted by Crippen LogP contribution is -2.47. The number of hydrogen-bond donors (Lipinski definition) is 2. The Labute approximate surface area is 557 Å². The van der Waals surface area contributed by atoms with E-state index in [1.807, 2.05) is 33.3 Å². The summed E-state index contributed by atoms with van der Waals surface area (Å²) in [5, 5.41) is 3.07. The van der Waals surface area contributed by atoms with E-state index in [2.05, 4.69) is 123 Å². The molecular formula is C80H144N2O7P+. The summed E-state index contributed by atoms with van der Waals surface area (Å²) < 4.78 is 30.9. The summed E-state index contributed by atoms with van der Waals surface area (Å²) >= 11 is 0. The highest BCUT2D eigenvalue weighted by atomic mass is 31.2. The molecule has 0 rings (SSSR count). The zero-order chi connectivity index (χ0) is 65.6. The number of quaternary nitrogens is 1. The molecule has 0 fully saturated rings. The first-order chi connectivity index (χ1) is 43.9. The van der Waals surface area contributed by atoms with Crippen LogP contribution < -0.4 is 5.32 Å². The summed E-state index contributed by atoms with van der Waals surface area (Å²) in [5.41, 5.74) is 0. The summed E-state index contributed by atoms with van der Waals surface area (Å²) in [6, 6.07) is -0.861. The van der Waals surface area contributed by atoms with Crippen LogP contribution in [-0.2, 0) is 27.9 Å². The Kier molecular flexibility index (Phi) is 66.0. The van der Waals surface area contributed by atoms with Crippen molar-refractivity contribution in [1.29, 1.82) is 0 Å². The van der Waals surface area contributed by atoms with E-state index in [-0.39, 0.29) is 31.5 Å². The predicted octanol–water partition coefficient (Wildman–Crippen LogP) is 24.4. The third kappa shape index (κ3) is 69.0. The first-order valence-electron chi connectivity index (χ1n) is 37.7. The van der Waals surface area contributed by atoms with Gasteiger partial charge in [0, 0.05) is 12.8 Å². The molecule has 0 aliphatic rings. The molecule has 9 nitrogen and oxygen atoms in total. The molecule has 0 aliphatic carbocycles. The Bertz CT molecular complexity index is 1910. The van der Waals surface area contributed by atoms with Crippen LogP contribution in [0.3, 0.4) is 0 Å². The van der Waals surface area contributed by atoms with E-state index in [4.69, 9.17) is 13.8 Å². The number of ether oxygens (including phenoxy) is 1. The number of carbonyl (C=O) groups excluding carboxylic acids is 2. The molecule has 90 heavy (non-hydrogen) atoms. The average Bonchev–Trinajstić information content (AvgIpc) is 3.12. The molecule has 0 heterocycles. The molecule has 0 aromatic rings. The van der Waals surface area contributed by atoms with Gasteiger partial charge in [0.05, 0.1) is 33.8 Å². The SMILES string of the molecule is CCCCC/C=C\C/C=C\C/C=C\C/C=C\CCCCCCCCCCCCCC(=O)OC(/C=C/CCCCCCCCCCCC)C(COP(=O)(O)OCC[N+](C)(C)C)NC(=O)CCCCCCCCCCC/C=C\C/C=C\C/C=C\C/C=C\CCCCC. The molecule has 0 radical (unpaired) electrons. The zero-order valence-electron chi connectivity index (χ0n) is 59.6. The summed E-state index contributed by atoms with van der Waals surface area (Å²) in [5.74, 6) is -0.512. The van der Waals surface area contributed by atoms with Crippen molar-refractivity contribution in [3.63, 3.8) is 0 Å². The van der Waals surface area contributed by atoms with Gasteiger partial charge in [0.25, 0.3) is 0 Å². The van der Waals surface area contributed by atoms with E-state index >= 15 is 0 Å². The van der Waals surface area contributed by atoms with Gasteiger partial charge in [0.1, 0.15) is 19.3 Å². The average molecular weight is 1280 g/mol. The summed E-state index contributed by atoms with van der Waals surface area (Å²) in [6.07, 6.45) is 95.3. The standard InChI is InChI=1S/C80H143N2O7P/c1-7-10-13-16-19-22-25-28-30-32-34-36-38-40-41-43-45-47-49-51-53-55-58-61-64-67-70-73-80(84)89-78(71-68-65-62-59-56-27-24-21-18-15-12-9-3)77(76-88-90(85,86)87-75-74-82(4,5)6)81-79(83)72-69-66-63-60-57-54-52-50-48-46-44-42-39-37-35-33-31-29-26-23-20-17-14-11-8-2/h19-20,22-23,28-31,34-37,40-42,44,68,71,77-78H,7-18,21,24-27,32-33,38-39,43,45-67,69-70,72-76H2,1-6H3,(H-,81,83,85,86)/p+1/b22-19-,23-20-,30-28-,31-29-,36-34-,37-35-,41-40-,44-42-,71-68+. The van der Waals surface area contributed by atoms with E-state index in [9.17, 15) is 19.0 Å². The second-order valence-corrected chi connectivity index (χ2v) is 27.9. The number of nitrogens with zero attached hydrogens (tertiary/aromatic N) is 1. The van der Waals surface area contributed by atoms with Gasteiger partial charge in [-0.1, -0.05) is 310 Å². The number of phosphoric acid groups is 1. The smallest absolute Gasteiger partial charge is 0.456 e. The van der Waals surface area contributed by atoms with E-state index < -0.39 is 20.0 Å². The second kappa shape index (κ2) is 68.5. The Morgan fingerprint density at radius 3 is 1.03 bits per heavy atom. The van der Waals surface area contributed by atoms with Crippen molar-refractivity contribution >= 4 is 19.7 Å². The lowest BCUT2D eigenvalue weighted by atomic mass is 10.0. The Morgan fingerprint density at radius 2 is 0.678 bits per heavy atom. The van der Waals surface area contributed by atoms with Crippen LogP contribution in [0.5, 0.6) is 0 Å². The number of amides is 1. The molecule has 0 aromatic heterocycles. The van der Waals surface area contributed by atoms with Gasteiger partial charge in [0.15, 0.2) is 0 Å². The second-order valence-electron chi connectivity index (χ2n) is 26.5. The van der Waals surface area contributed by atoms with E-state index in [1.165, 1.54) is 193 Å². The van der Waals surface area contributed by atoms with Gasteiger partial charge in [-0.3, -0.25) is 18.6 Å². The fraction of sp³-hybridized carbons (Fsp3) is 0.750. The molecule has 2 N–H and O–H groups in total. The highest BCUT2D eigenvalue weighted by molar-refractivity contribution is 7.47. The highest BCUT2D eigenvalue weighted by Crippen LogP contribution is 2.43. The van der Waals surface area contributed by atoms with Gasteiger partial charge >= 0.3 is 13.8 Å². The minimum Gasteiger partial charge on any atom is -0.456 e. The van der Waals surface area contributed by atoms with Gasteiger partial charge < -0.3 is 19.4 Å². The first-order valence-corrected chi connectivity index (χ1v) is 39.2. The molecule has 0 spiro atoms. The zero-order valence-corrected chi connectivity index (χ0v) is 60.5. The number of hydrogen-bond acceptors (Lipinski definition) is 6. The van der Waals surface area contributed by atoms with Gasteiger partial charge in [0.2, 0.25) is 5.91 Å². The molecule has 3 atom stereocenters. The lowest BCUT2D eigenvalue weighted by Gasteiger charge is -2.27. The predicted molar refractivity (Wildman–Crippen MR) is 392 cm³/mol. The molecule has 0 bridgehead atoms. The Morgan fingerprint density at radius 1 is 0.389 bits per heavy atom. The number of allylic oxidation sites excluding steroid dienone is 17. The third-order valence-electron chi connectivity index (χ3n) is 16.4. The molecule has 520 valence electrons. The van der Waals surface area contributed by atoms with Crippen LogP contribution in [0.4, 0.5) is 0 Å². The topological polar surface area (TPSA) is 111 Å². The van der Waals surface area contributed by atoms with Gasteiger partial charge in [-0.2, -0.15) is 0 Å². The minimum atomic E-state index is -4.47. The fourth-order valence-electron chi connectivity index (χ4n) is 10.6. The normalized spacial score (nSPS) is 14.1. The van der Waals surface area contributed by atoms with E-state index in [0.29, 0.717) is 17.4 Å². The third-order valence-corrected chi connectivity index (χ3v) is 17.4. The monoisotopic (exact) mass is 1280 g/mol. The van der Waals surface area contributed by atoms with Gasteiger partial charge in [-0.05, 0) is 122 Å². The van der Waals surface area contributed by atoms with Crippen LogP contribution in [0.25, 0.3) is 0 Å². The number of unbranched alkanes of at least 4 members (excludes halogenated alkanes) is 36. The maximum Gasteiger partial charge on any atom is 0.472 e. The number of phosphoric ester groups is 1. The maximum atomic E-state index is 13.6. The summed E-state index contributed by atoms with van der Waals surface area (Å²) in [7, 11) is 1.49. The van der Waals surface area contributed by atoms with Crippen LogP contribution in [0.15, 0.2) is 109 Å². The Balaban J connectivity index is 5.03. The highest BCUT2D eigenvalue weighted by Gasteiger charge is 2.30. The molecule has 0 aromatic carbocycles. The van der Waals surface area contributed by atoms with Crippen LogP contribution in [0.2, 0.25) is 0 Å². The number of rotatable bonds is 68. The fourth-order valence-corrected chi connectivity index (χ4v) is 11.4. The van der Waals surface area contributed by atoms with Crippen molar-refractivity contribution in [3.8, 4) is 0 Å². The number of nitrogens with one attached hydrogen (secondary N) is 1. The molecule has 0 saturated carbocycles. The number of esters is 1. The number of carbonyl (C=O) groups is 2. The van der Waals surface area contributed by atoms with Crippen LogP contribution >= 0.6 is 7.82 Å². The Hall–Kier alpha value is -3.33. The minimum absolute atomic E-state index is 0.0342. The van der Waals surface area contributed by atoms with Crippen molar-refractivity contribution in [3.05, 3.63) is 109 Å². The summed E-state index contributed by atoms with van der Waals surface area (Å²) in [4.78, 5) is 38.0. The van der Waals surface area contributed by atoms with Crippen LogP contribution in [-0.4, -0.2) is 74.3 Å². The van der Waals surface area contributed by atoms with Gasteiger partial charge in [-0.15, -0.1) is 0 Å². The van der Waals surface area contributed by atoms with Crippen molar-refractivity contribution in [2.45, 2.75) is 348 Å². The van der Waals surface area contributed by atoms with E-state index in [0.717, 1.165) is 109 Å². The maximum absolute atomic E-state index is 13.6. The number of likely N-dealkylation sites (N-methyl/N-ethyl adjacent to an activating group) is 1.